The van der Waals surface area contributed by atoms with Gasteiger partial charge >= 0.3 is 5.97 Å². The van der Waals surface area contributed by atoms with Gasteiger partial charge in [0.05, 0.1) is 25.4 Å². The first-order valence-corrected chi connectivity index (χ1v) is 42.1. The van der Waals surface area contributed by atoms with E-state index in [0.717, 1.165) is 38.5 Å². The molecule has 0 rings (SSSR count). The van der Waals surface area contributed by atoms with E-state index in [-0.39, 0.29) is 18.5 Å². The highest BCUT2D eigenvalue weighted by molar-refractivity contribution is 5.76. The van der Waals surface area contributed by atoms with Gasteiger partial charge in [-0.3, -0.25) is 9.59 Å². The Morgan fingerprint density at radius 3 is 0.780 bits per heavy atom. The summed E-state index contributed by atoms with van der Waals surface area (Å²) in [4.78, 5) is 24.7. The first-order chi connectivity index (χ1) is 45.0. The largest absolute Gasteiger partial charge is 0.466 e. The van der Waals surface area contributed by atoms with E-state index in [2.05, 4.69) is 31.3 Å². The Kier molecular flexibility index (Phi) is 79.3. The van der Waals surface area contributed by atoms with E-state index in [9.17, 15) is 19.8 Å². The summed E-state index contributed by atoms with van der Waals surface area (Å²) < 4.78 is 5.51. The first-order valence-electron chi connectivity index (χ1n) is 42.1. The summed E-state index contributed by atoms with van der Waals surface area (Å²) in [5.74, 6) is -0.0330. The third-order valence-electron chi connectivity index (χ3n) is 20.0. The number of unbranched alkanes of at least 4 members (excludes halogenated alkanes) is 67. The first kappa shape index (κ1) is 89.3. The molecule has 0 aliphatic carbocycles. The number of hydrogen-bond donors (Lipinski definition) is 3. The molecule has 0 bridgehead atoms. The number of aliphatic hydroxyl groups excluding tert-OH is 2. The van der Waals surface area contributed by atoms with Gasteiger partial charge in [0, 0.05) is 12.8 Å². The minimum absolute atomic E-state index is 0.0258. The average molecular weight is 1280 g/mol. The van der Waals surface area contributed by atoms with Gasteiger partial charge in [-0.1, -0.05) is 436 Å². The third kappa shape index (κ3) is 77.2. The zero-order chi connectivity index (χ0) is 65.6. The van der Waals surface area contributed by atoms with Crippen molar-refractivity contribution in [3.8, 4) is 0 Å². The predicted molar refractivity (Wildman–Crippen MR) is 403 cm³/mol. The zero-order valence-corrected chi connectivity index (χ0v) is 62.1. The van der Waals surface area contributed by atoms with Gasteiger partial charge in [0.1, 0.15) is 0 Å². The van der Waals surface area contributed by atoms with Crippen molar-refractivity contribution < 1.29 is 24.5 Å². The molecule has 0 radical (unpaired) electrons. The van der Waals surface area contributed by atoms with Crippen molar-refractivity contribution >= 4 is 11.9 Å². The number of rotatable bonds is 80. The Labute approximate surface area is 571 Å². The molecule has 6 heteroatoms. The maximum Gasteiger partial charge on any atom is 0.305 e. The van der Waals surface area contributed by atoms with Gasteiger partial charge in [-0.25, -0.2) is 0 Å². The summed E-state index contributed by atoms with van der Waals surface area (Å²) in [5, 5.41) is 23.3. The van der Waals surface area contributed by atoms with Crippen LogP contribution in [0.4, 0.5) is 0 Å². The smallest absolute Gasteiger partial charge is 0.305 e. The van der Waals surface area contributed by atoms with Gasteiger partial charge in [0.15, 0.2) is 0 Å². The van der Waals surface area contributed by atoms with E-state index in [1.54, 1.807) is 6.08 Å². The van der Waals surface area contributed by atoms with Gasteiger partial charge in [-0.15, -0.1) is 0 Å². The molecule has 0 spiro atoms. The van der Waals surface area contributed by atoms with Crippen LogP contribution in [0.2, 0.25) is 0 Å². The maximum atomic E-state index is 12.5. The van der Waals surface area contributed by atoms with Crippen molar-refractivity contribution in [2.45, 2.75) is 495 Å². The molecule has 3 N–H and O–H groups in total. The second kappa shape index (κ2) is 80.8. The van der Waals surface area contributed by atoms with Crippen molar-refractivity contribution in [1.82, 2.24) is 5.32 Å². The molecule has 0 aromatic heterocycles. The summed E-state index contributed by atoms with van der Waals surface area (Å²) >= 11 is 0. The fourth-order valence-electron chi connectivity index (χ4n) is 13.6. The van der Waals surface area contributed by atoms with Crippen LogP contribution in [0, 0.1) is 0 Å². The molecule has 0 fully saturated rings. The van der Waals surface area contributed by atoms with Crippen LogP contribution in [0.3, 0.4) is 0 Å². The Morgan fingerprint density at radius 2 is 0.516 bits per heavy atom. The quantitative estimate of drug-likeness (QED) is 0.0320. The van der Waals surface area contributed by atoms with Crippen LogP contribution in [0.25, 0.3) is 0 Å². The number of carbonyl (C=O) groups is 2. The van der Waals surface area contributed by atoms with Gasteiger partial charge in [-0.05, 0) is 57.8 Å². The minimum atomic E-state index is -0.843. The Hall–Kier alpha value is -1.66. The number of carbonyl (C=O) groups excluding carboxylic acids is 2. The van der Waals surface area contributed by atoms with Gasteiger partial charge in [-0.2, -0.15) is 0 Å². The van der Waals surface area contributed by atoms with Crippen LogP contribution in [-0.4, -0.2) is 47.4 Å². The second-order valence-electron chi connectivity index (χ2n) is 29.2. The van der Waals surface area contributed by atoms with Crippen LogP contribution < -0.4 is 5.32 Å². The summed E-state index contributed by atoms with van der Waals surface area (Å²) in [6, 6.07) is -0.626. The van der Waals surface area contributed by atoms with E-state index >= 15 is 0 Å². The highest BCUT2D eigenvalue weighted by Crippen LogP contribution is 2.20. The lowest BCUT2D eigenvalue weighted by molar-refractivity contribution is -0.143. The molecule has 1 amide bonds. The zero-order valence-electron chi connectivity index (χ0n) is 62.1. The van der Waals surface area contributed by atoms with Crippen molar-refractivity contribution in [1.29, 1.82) is 0 Å². The predicted octanol–water partition coefficient (Wildman–Crippen LogP) is 28.0. The highest BCUT2D eigenvalue weighted by atomic mass is 16.5. The minimum Gasteiger partial charge on any atom is -0.466 e. The monoisotopic (exact) mass is 1280 g/mol. The molecule has 0 aromatic rings. The van der Waals surface area contributed by atoms with E-state index < -0.39 is 12.1 Å². The van der Waals surface area contributed by atoms with Gasteiger partial charge in [0.25, 0.3) is 0 Å². The molecule has 6 nitrogen and oxygen atoms in total. The maximum absolute atomic E-state index is 12.5. The number of ether oxygens (including phenoxy) is 1. The van der Waals surface area contributed by atoms with Crippen LogP contribution in [-0.2, 0) is 14.3 Å². The Bertz CT molecular complexity index is 1430. The standard InChI is InChI=1S/C85H165NO5/c1-3-5-7-9-11-13-15-17-19-21-22-40-43-46-49-53-57-61-65-69-73-77-83(88)82(81-87)86-84(89)78-74-70-66-62-58-54-50-47-44-41-38-36-34-32-30-28-26-24-23-25-27-29-31-33-35-37-39-42-45-48-52-56-60-64-68-72-76-80-91-85(90)79-75-71-67-63-59-55-51-20-18-16-14-12-10-8-6-4-2/h23,25,73,77,82-83,87-88H,3-22,24,26-72,74-76,78-81H2,1-2H3,(H,86,89)/b25-23-,77-73+. The van der Waals surface area contributed by atoms with Gasteiger partial charge < -0.3 is 20.3 Å². The van der Waals surface area contributed by atoms with Crippen molar-refractivity contribution in [2.75, 3.05) is 13.2 Å². The number of hydrogen-bond acceptors (Lipinski definition) is 5. The second-order valence-corrected chi connectivity index (χ2v) is 29.2. The Balaban J connectivity index is 3.34. The lowest BCUT2D eigenvalue weighted by Gasteiger charge is -2.20. The molecule has 0 saturated heterocycles. The third-order valence-corrected chi connectivity index (χ3v) is 20.0. The Morgan fingerprint density at radius 1 is 0.297 bits per heavy atom. The topological polar surface area (TPSA) is 95.9 Å². The molecule has 91 heavy (non-hydrogen) atoms. The molecular formula is C85H165NO5. The van der Waals surface area contributed by atoms with Crippen molar-refractivity contribution in [3.05, 3.63) is 24.3 Å². The van der Waals surface area contributed by atoms with E-state index in [1.807, 2.05) is 6.08 Å². The summed E-state index contributed by atoms with van der Waals surface area (Å²) in [7, 11) is 0. The molecule has 2 unspecified atom stereocenters. The van der Waals surface area contributed by atoms with E-state index in [4.69, 9.17) is 4.74 Å². The van der Waals surface area contributed by atoms with Gasteiger partial charge in [0.2, 0.25) is 5.91 Å². The van der Waals surface area contributed by atoms with E-state index in [0.29, 0.717) is 19.4 Å². The van der Waals surface area contributed by atoms with Crippen LogP contribution in [0.1, 0.15) is 483 Å². The molecule has 2 atom stereocenters. The molecule has 0 heterocycles. The molecule has 0 aliphatic heterocycles. The van der Waals surface area contributed by atoms with Crippen LogP contribution in [0.5, 0.6) is 0 Å². The summed E-state index contributed by atoms with van der Waals surface area (Å²) in [6.45, 7) is 4.97. The number of allylic oxidation sites excluding steroid dienone is 3. The molecule has 540 valence electrons. The average Bonchev–Trinajstić information content (AvgIpc) is 3.57. The van der Waals surface area contributed by atoms with Crippen molar-refractivity contribution in [3.63, 3.8) is 0 Å². The number of nitrogens with one attached hydrogen (secondary N) is 1. The normalized spacial score (nSPS) is 12.5. The van der Waals surface area contributed by atoms with Crippen LogP contribution >= 0.6 is 0 Å². The number of aliphatic hydroxyl groups is 2. The lowest BCUT2D eigenvalue weighted by atomic mass is 10.0. The van der Waals surface area contributed by atoms with Crippen LogP contribution in [0.15, 0.2) is 24.3 Å². The number of amides is 1. The van der Waals surface area contributed by atoms with Crippen molar-refractivity contribution in [2.24, 2.45) is 0 Å². The summed E-state index contributed by atoms with van der Waals surface area (Å²) in [6.07, 6.45) is 105. The molecular weight excluding hydrogens is 1110 g/mol. The SMILES string of the molecule is CCCCCCCCCCCCCCCCCCCCC/C=C/C(O)C(CO)NC(=O)CCCCCCCCCCCCCCCCCCC/C=C\CCCCCCCCCCCCCCCCCCOC(=O)CCCCCCCCCCCCCCCCCC. The summed E-state index contributed by atoms with van der Waals surface area (Å²) in [5.41, 5.74) is 0. The fraction of sp³-hybridized carbons (Fsp3) is 0.929. The molecule has 0 aromatic carbocycles. The molecule has 0 aliphatic rings. The lowest BCUT2D eigenvalue weighted by Crippen LogP contribution is -2.45. The highest BCUT2D eigenvalue weighted by Gasteiger charge is 2.18. The number of esters is 1. The molecule has 0 saturated carbocycles. The fourth-order valence-corrected chi connectivity index (χ4v) is 13.6. The van der Waals surface area contributed by atoms with E-state index in [1.165, 1.54) is 417 Å².